The number of aliphatic imine (C=N–C) groups is 1. The summed E-state index contributed by atoms with van der Waals surface area (Å²) in [6, 6.07) is 8.38. The van der Waals surface area contributed by atoms with E-state index in [0.29, 0.717) is 6.54 Å². The normalized spacial score (nSPS) is 12.0. The van der Waals surface area contributed by atoms with Crippen molar-refractivity contribution in [1.82, 2.24) is 15.5 Å². The number of halogens is 1. The SMILES string of the molecule is CCNC(=NCc1ccccc1C)NCC(C)(C)N(C)C.I. The third kappa shape index (κ3) is 6.96. The molecule has 0 heterocycles. The first-order chi connectivity index (χ1) is 9.86. The van der Waals surface area contributed by atoms with Crippen molar-refractivity contribution in [1.29, 1.82) is 0 Å². The molecule has 0 aliphatic carbocycles. The first kappa shape index (κ1) is 21.2. The van der Waals surface area contributed by atoms with Crippen LogP contribution in [-0.2, 0) is 6.54 Å². The predicted molar refractivity (Wildman–Crippen MR) is 107 cm³/mol. The maximum atomic E-state index is 4.68. The van der Waals surface area contributed by atoms with E-state index < -0.39 is 0 Å². The van der Waals surface area contributed by atoms with Crippen LogP contribution in [-0.4, -0.2) is 43.6 Å². The Kier molecular flexibility index (Phi) is 9.67. The largest absolute Gasteiger partial charge is 0.357 e. The van der Waals surface area contributed by atoms with Crippen molar-refractivity contribution in [3.8, 4) is 0 Å². The lowest BCUT2D eigenvalue weighted by Crippen LogP contribution is -2.50. The second-order valence-corrected chi connectivity index (χ2v) is 6.18. The quantitative estimate of drug-likeness (QED) is 0.424. The smallest absolute Gasteiger partial charge is 0.191 e. The van der Waals surface area contributed by atoms with Gasteiger partial charge in [0.15, 0.2) is 5.96 Å². The number of rotatable bonds is 6. The Morgan fingerprint density at radius 3 is 2.36 bits per heavy atom. The number of hydrogen-bond acceptors (Lipinski definition) is 2. The van der Waals surface area contributed by atoms with E-state index in [1.54, 1.807) is 0 Å². The van der Waals surface area contributed by atoms with Crippen LogP contribution in [0.5, 0.6) is 0 Å². The molecular formula is C17H31IN4. The Bertz CT molecular complexity index is 469. The maximum absolute atomic E-state index is 4.68. The molecule has 0 fully saturated rings. The monoisotopic (exact) mass is 418 g/mol. The summed E-state index contributed by atoms with van der Waals surface area (Å²) in [5.74, 6) is 0.871. The van der Waals surface area contributed by atoms with Gasteiger partial charge in [0.1, 0.15) is 0 Å². The zero-order valence-corrected chi connectivity index (χ0v) is 17.1. The van der Waals surface area contributed by atoms with Gasteiger partial charge in [-0.2, -0.15) is 0 Å². The van der Waals surface area contributed by atoms with Gasteiger partial charge in [0.25, 0.3) is 0 Å². The molecule has 0 aliphatic heterocycles. The fourth-order valence-corrected chi connectivity index (χ4v) is 1.75. The topological polar surface area (TPSA) is 39.7 Å². The molecule has 0 aliphatic rings. The summed E-state index contributed by atoms with van der Waals surface area (Å²) in [7, 11) is 4.19. The molecule has 2 N–H and O–H groups in total. The van der Waals surface area contributed by atoms with Gasteiger partial charge in [0.2, 0.25) is 0 Å². The van der Waals surface area contributed by atoms with Gasteiger partial charge < -0.3 is 15.5 Å². The Balaban J connectivity index is 0.00000441. The Hall–Kier alpha value is -0.820. The van der Waals surface area contributed by atoms with Crippen LogP contribution in [0.15, 0.2) is 29.3 Å². The summed E-state index contributed by atoms with van der Waals surface area (Å²) < 4.78 is 0. The molecule has 22 heavy (non-hydrogen) atoms. The predicted octanol–water partition coefficient (Wildman–Crippen LogP) is 3.01. The summed E-state index contributed by atoms with van der Waals surface area (Å²) in [6.45, 7) is 11.0. The molecule has 0 aromatic heterocycles. The van der Waals surface area contributed by atoms with Crippen molar-refractivity contribution in [2.45, 2.75) is 39.8 Å². The van der Waals surface area contributed by atoms with Gasteiger partial charge in [-0.15, -0.1) is 24.0 Å². The van der Waals surface area contributed by atoms with Crippen LogP contribution in [0.1, 0.15) is 31.9 Å². The molecule has 0 saturated heterocycles. The second kappa shape index (κ2) is 10.0. The van der Waals surface area contributed by atoms with Gasteiger partial charge in [-0.05, 0) is 52.9 Å². The van der Waals surface area contributed by atoms with Crippen molar-refractivity contribution in [3.05, 3.63) is 35.4 Å². The van der Waals surface area contributed by atoms with E-state index in [-0.39, 0.29) is 29.5 Å². The summed E-state index contributed by atoms with van der Waals surface area (Å²) >= 11 is 0. The van der Waals surface area contributed by atoms with Gasteiger partial charge in [0.05, 0.1) is 6.54 Å². The van der Waals surface area contributed by atoms with E-state index in [2.05, 4.69) is 86.6 Å². The van der Waals surface area contributed by atoms with E-state index in [0.717, 1.165) is 19.0 Å². The number of aryl methyl sites for hydroxylation is 1. The Morgan fingerprint density at radius 2 is 1.82 bits per heavy atom. The third-order valence-electron chi connectivity index (χ3n) is 3.91. The fourth-order valence-electron chi connectivity index (χ4n) is 1.75. The zero-order chi connectivity index (χ0) is 15.9. The number of nitrogens with one attached hydrogen (secondary N) is 2. The van der Waals surface area contributed by atoms with Crippen LogP contribution >= 0.6 is 24.0 Å². The highest BCUT2D eigenvalue weighted by Gasteiger charge is 2.20. The molecule has 1 aromatic carbocycles. The van der Waals surface area contributed by atoms with Crippen LogP contribution in [0.4, 0.5) is 0 Å². The molecule has 5 heteroatoms. The average Bonchev–Trinajstić information content (AvgIpc) is 2.43. The van der Waals surface area contributed by atoms with Crippen LogP contribution in [0.2, 0.25) is 0 Å². The second-order valence-electron chi connectivity index (χ2n) is 6.18. The highest BCUT2D eigenvalue weighted by Crippen LogP contribution is 2.09. The van der Waals surface area contributed by atoms with Crippen molar-refractivity contribution in [3.63, 3.8) is 0 Å². The first-order valence-corrected chi connectivity index (χ1v) is 7.61. The van der Waals surface area contributed by atoms with Gasteiger partial charge in [-0.1, -0.05) is 24.3 Å². The van der Waals surface area contributed by atoms with Crippen LogP contribution in [0.3, 0.4) is 0 Å². The lowest BCUT2D eigenvalue weighted by Gasteiger charge is -2.33. The lowest BCUT2D eigenvalue weighted by atomic mass is 10.0. The molecule has 0 amide bonds. The maximum Gasteiger partial charge on any atom is 0.191 e. The molecule has 1 aromatic rings. The summed E-state index contributed by atoms with van der Waals surface area (Å²) in [4.78, 5) is 6.90. The average molecular weight is 418 g/mol. The fraction of sp³-hybridized carbons (Fsp3) is 0.588. The summed E-state index contributed by atoms with van der Waals surface area (Å²) in [6.07, 6.45) is 0. The number of guanidine groups is 1. The summed E-state index contributed by atoms with van der Waals surface area (Å²) in [5, 5.41) is 6.73. The van der Waals surface area contributed by atoms with Gasteiger partial charge in [-0.25, -0.2) is 4.99 Å². The van der Waals surface area contributed by atoms with E-state index in [1.807, 2.05) is 0 Å². The van der Waals surface area contributed by atoms with E-state index in [9.17, 15) is 0 Å². The highest BCUT2D eigenvalue weighted by molar-refractivity contribution is 14.0. The molecule has 0 saturated carbocycles. The molecule has 1 rings (SSSR count). The van der Waals surface area contributed by atoms with Gasteiger partial charge in [-0.3, -0.25) is 0 Å². The molecule has 126 valence electrons. The van der Waals surface area contributed by atoms with Gasteiger partial charge in [0, 0.05) is 18.6 Å². The molecule has 0 atom stereocenters. The van der Waals surface area contributed by atoms with Crippen molar-refractivity contribution in [2.75, 3.05) is 27.2 Å². The molecule has 4 nitrogen and oxygen atoms in total. The Morgan fingerprint density at radius 1 is 1.18 bits per heavy atom. The minimum atomic E-state index is 0. The number of hydrogen-bond donors (Lipinski definition) is 2. The van der Waals surface area contributed by atoms with Crippen molar-refractivity contribution >= 4 is 29.9 Å². The van der Waals surface area contributed by atoms with Crippen molar-refractivity contribution < 1.29 is 0 Å². The molecule has 0 radical (unpaired) electrons. The molecule has 0 spiro atoms. The molecule has 0 bridgehead atoms. The number of benzene rings is 1. The first-order valence-electron chi connectivity index (χ1n) is 7.61. The minimum Gasteiger partial charge on any atom is -0.357 e. The van der Waals surface area contributed by atoms with Crippen LogP contribution in [0, 0.1) is 6.92 Å². The van der Waals surface area contributed by atoms with Gasteiger partial charge >= 0.3 is 0 Å². The number of likely N-dealkylation sites (N-methyl/N-ethyl adjacent to an activating group) is 1. The lowest BCUT2D eigenvalue weighted by molar-refractivity contribution is 0.197. The third-order valence-corrected chi connectivity index (χ3v) is 3.91. The summed E-state index contributed by atoms with van der Waals surface area (Å²) in [5.41, 5.74) is 2.63. The van der Waals surface area contributed by atoms with Crippen LogP contribution in [0.25, 0.3) is 0 Å². The van der Waals surface area contributed by atoms with E-state index in [4.69, 9.17) is 0 Å². The molecular weight excluding hydrogens is 387 g/mol. The molecule has 0 unspecified atom stereocenters. The Labute approximate surface area is 152 Å². The highest BCUT2D eigenvalue weighted by atomic mass is 127. The zero-order valence-electron chi connectivity index (χ0n) is 14.7. The van der Waals surface area contributed by atoms with Crippen molar-refractivity contribution in [2.24, 2.45) is 4.99 Å². The van der Waals surface area contributed by atoms with E-state index in [1.165, 1.54) is 11.1 Å². The van der Waals surface area contributed by atoms with Crippen LogP contribution < -0.4 is 10.6 Å². The van der Waals surface area contributed by atoms with E-state index >= 15 is 0 Å². The number of nitrogens with zero attached hydrogens (tertiary/aromatic N) is 2. The minimum absolute atomic E-state index is 0. The standard InChI is InChI=1S/C17H30N4.HI/c1-7-18-16(20-13-17(3,4)21(5)6)19-12-15-11-9-8-10-14(15)2;/h8-11H,7,12-13H2,1-6H3,(H2,18,19,20);1H.